The number of carbonyl (C=O) groups excluding carboxylic acids is 1. The Kier molecular flexibility index (Phi) is 6.23. The fraction of sp³-hybridized carbons (Fsp3) is 0.350. The normalized spacial score (nSPS) is 16.6. The molecule has 1 aliphatic carbocycles. The highest BCUT2D eigenvalue weighted by Gasteiger charge is 2.21. The van der Waals surface area contributed by atoms with Crippen molar-refractivity contribution in [1.29, 1.82) is 0 Å². The van der Waals surface area contributed by atoms with E-state index in [-0.39, 0.29) is 29.8 Å². The van der Waals surface area contributed by atoms with Gasteiger partial charge in [-0.2, -0.15) is 0 Å². The van der Waals surface area contributed by atoms with E-state index in [2.05, 4.69) is 22.2 Å². The zero-order valence-electron chi connectivity index (χ0n) is 14.9. The fourth-order valence-corrected chi connectivity index (χ4v) is 4.40. The molecule has 5 nitrogen and oxygen atoms in total. The Labute approximate surface area is 159 Å². The summed E-state index contributed by atoms with van der Waals surface area (Å²) in [5.41, 5.74) is 2.45. The molecule has 2 aromatic carbocycles. The third-order valence-corrected chi connectivity index (χ3v) is 6.18. The van der Waals surface area contributed by atoms with Crippen molar-refractivity contribution in [3.05, 3.63) is 65.5 Å². The summed E-state index contributed by atoms with van der Waals surface area (Å²) in [4.78, 5) is 12.2. The van der Waals surface area contributed by atoms with Crippen LogP contribution in [-0.2, 0) is 21.2 Å². The van der Waals surface area contributed by atoms with Gasteiger partial charge in [-0.3, -0.25) is 4.79 Å². The highest BCUT2D eigenvalue weighted by molar-refractivity contribution is 7.89. The van der Waals surface area contributed by atoms with Crippen LogP contribution in [0, 0.1) is 5.82 Å². The Morgan fingerprint density at radius 1 is 1.11 bits per heavy atom. The van der Waals surface area contributed by atoms with Gasteiger partial charge in [-0.25, -0.2) is 17.5 Å². The summed E-state index contributed by atoms with van der Waals surface area (Å²) in [6.07, 6.45) is 3.62. The summed E-state index contributed by atoms with van der Waals surface area (Å²) in [5.74, 6) is -0.576. The molecule has 0 saturated heterocycles. The van der Waals surface area contributed by atoms with Crippen molar-refractivity contribution < 1.29 is 17.6 Å². The molecule has 0 fully saturated rings. The van der Waals surface area contributed by atoms with Crippen molar-refractivity contribution in [3.8, 4) is 0 Å². The van der Waals surface area contributed by atoms with Crippen LogP contribution in [0.1, 0.15) is 42.9 Å². The van der Waals surface area contributed by atoms with Crippen LogP contribution < -0.4 is 10.0 Å². The highest BCUT2D eigenvalue weighted by Crippen LogP contribution is 2.29. The summed E-state index contributed by atoms with van der Waals surface area (Å²) < 4.78 is 39.6. The van der Waals surface area contributed by atoms with Crippen LogP contribution in [0.2, 0.25) is 0 Å². The van der Waals surface area contributed by atoms with E-state index < -0.39 is 15.8 Å². The SMILES string of the molecule is O=C(CCCNS(=O)(=O)c1ccc(F)cc1)N[C@H]1CCCc2ccccc21. The average Bonchev–Trinajstić information content (AvgIpc) is 2.66. The van der Waals surface area contributed by atoms with Crippen LogP contribution in [0.3, 0.4) is 0 Å². The second-order valence-corrected chi connectivity index (χ2v) is 8.43. The number of benzene rings is 2. The van der Waals surface area contributed by atoms with E-state index in [4.69, 9.17) is 0 Å². The van der Waals surface area contributed by atoms with Crippen molar-refractivity contribution in [2.24, 2.45) is 0 Å². The lowest BCUT2D eigenvalue weighted by atomic mass is 9.87. The van der Waals surface area contributed by atoms with Crippen molar-refractivity contribution in [2.75, 3.05) is 6.54 Å². The smallest absolute Gasteiger partial charge is 0.240 e. The minimum absolute atomic E-state index is 0.00663. The van der Waals surface area contributed by atoms with Gasteiger partial charge < -0.3 is 5.32 Å². The quantitative estimate of drug-likeness (QED) is 0.714. The molecular formula is C20H23FN2O3S. The standard InChI is InChI=1S/C20H23FN2O3S/c21-16-10-12-17(13-11-16)27(25,26)22-14-4-9-20(24)23-19-8-3-6-15-5-1-2-7-18(15)19/h1-2,5,7,10-13,19,22H,3-4,6,8-9,14H2,(H,23,24)/t19-/m0/s1. The molecule has 0 spiro atoms. The molecule has 2 aromatic rings. The minimum atomic E-state index is -3.69. The van der Waals surface area contributed by atoms with Crippen molar-refractivity contribution in [3.63, 3.8) is 0 Å². The summed E-state index contributed by atoms with van der Waals surface area (Å²) in [6, 6.07) is 12.8. The fourth-order valence-electron chi connectivity index (χ4n) is 3.32. The molecular weight excluding hydrogens is 367 g/mol. The first kappa shape index (κ1) is 19.5. The molecule has 0 unspecified atom stereocenters. The lowest BCUT2D eigenvalue weighted by molar-refractivity contribution is -0.122. The maximum atomic E-state index is 12.9. The summed E-state index contributed by atoms with van der Waals surface area (Å²) in [5, 5.41) is 3.05. The van der Waals surface area contributed by atoms with Crippen LogP contribution >= 0.6 is 0 Å². The maximum absolute atomic E-state index is 12.9. The topological polar surface area (TPSA) is 75.3 Å². The largest absolute Gasteiger partial charge is 0.349 e. The molecule has 3 rings (SSSR count). The van der Waals surface area contributed by atoms with Gasteiger partial charge in [0.1, 0.15) is 5.82 Å². The first-order valence-corrected chi connectivity index (χ1v) is 10.6. The van der Waals surface area contributed by atoms with E-state index in [0.717, 1.165) is 31.4 Å². The van der Waals surface area contributed by atoms with Crippen molar-refractivity contribution in [2.45, 2.75) is 43.0 Å². The zero-order chi connectivity index (χ0) is 19.3. The molecule has 0 aliphatic heterocycles. The molecule has 0 aromatic heterocycles. The molecule has 0 heterocycles. The third-order valence-electron chi connectivity index (χ3n) is 4.70. The molecule has 1 aliphatic rings. The highest BCUT2D eigenvalue weighted by atomic mass is 32.2. The molecule has 0 saturated carbocycles. The number of rotatable bonds is 7. The Morgan fingerprint density at radius 2 is 1.85 bits per heavy atom. The molecule has 0 radical (unpaired) electrons. The number of amides is 1. The molecule has 2 N–H and O–H groups in total. The Hall–Kier alpha value is -2.25. The third kappa shape index (κ3) is 5.14. The lowest BCUT2D eigenvalue weighted by Gasteiger charge is -2.26. The van der Waals surface area contributed by atoms with E-state index in [9.17, 15) is 17.6 Å². The van der Waals surface area contributed by atoms with Gasteiger partial charge in [0, 0.05) is 13.0 Å². The van der Waals surface area contributed by atoms with E-state index in [1.165, 1.54) is 23.3 Å². The molecule has 7 heteroatoms. The molecule has 0 bridgehead atoms. The van der Waals surface area contributed by atoms with Gasteiger partial charge in [0.2, 0.25) is 15.9 Å². The number of nitrogens with one attached hydrogen (secondary N) is 2. The van der Waals surface area contributed by atoms with Crippen LogP contribution in [-0.4, -0.2) is 20.9 Å². The van der Waals surface area contributed by atoms with Gasteiger partial charge in [-0.05, 0) is 61.1 Å². The summed E-state index contributed by atoms with van der Waals surface area (Å²) in [6.45, 7) is 0.147. The first-order valence-electron chi connectivity index (χ1n) is 9.08. The lowest BCUT2D eigenvalue weighted by Crippen LogP contribution is -2.32. The van der Waals surface area contributed by atoms with Crippen LogP contribution in [0.4, 0.5) is 4.39 Å². The average molecular weight is 390 g/mol. The van der Waals surface area contributed by atoms with Crippen molar-refractivity contribution >= 4 is 15.9 Å². The summed E-state index contributed by atoms with van der Waals surface area (Å²) >= 11 is 0. The Morgan fingerprint density at radius 3 is 2.63 bits per heavy atom. The van der Waals surface area contributed by atoms with Gasteiger partial charge in [0.05, 0.1) is 10.9 Å². The van der Waals surface area contributed by atoms with Gasteiger partial charge in [-0.15, -0.1) is 0 Å². The van der Waals surface area contributed by atoms with Gasteiger partial charge >= 0.3 is 0 Å². The monoisotopic (exact) mass is 390 g/mol. The van der Waals surface area contributed by atoms with Crippen molar-refractivity contribution in [1.82, 2.24) is 10.0 Å². The Balaban J connectivity index is 1.46. The summed E-state index contributed by atoms with van der Waals surface area (Å²) in [7, 11) is -3.69. The zero-order valence-corrected chi connectivity index (χ0v) is 15.8. The number of fused-ring (bicyclic) bond motifs is 1. The van der Waals surface area contributed by atoms with E-state index in [0.29, 0.717) is 6.42 Å². The number of sulfonamides is 1. The maximum Gasteiger partial charge on any atom is 0.240 e. The molecule has 1 atom stereocenters. The number of halogens is 1. The molecule has 144 valence electrons. The Bertz CT molecular complexity index is 898. The van der Waals surface area contributed by atoms with Crippen LogP contribution in [0.25, 0.3) is 0 Å². The van der Waals surface area contributed by atoms with Gasteiger partial charge in [0.15, 0.2) is 0 Å². The van der Waals surface area contributed by atoms with E-state index >= 15 is 0 Å². The minimum Gasteiger partial charge on any atom is -0.349 e. The second kappa shape index (κ2) is 8.63. The first-order chi connectivity index (χ1) is 13.0. The molecule has 1 amide bonds. The van der Waals surface area contributed by atoms with E-state index in [1.54, 1.807) is 0 Å². The second-order valence-electron chi connectivity index (χ2n) is 6.67. The molecule has 27 heavy (non-hydrogen) atoms. The number of carbonyl (C=O) groups is 1. The van der Waals surface area contributed by atoms with Crippen LogP contribution in [0.5, 0.6) is 0 Å². The number of hydrogen-bond donors (Lipinski definition) is 2. The number of hydrogen-bond acceptors (Lipinski definition) is 3. The number of aryl methyl sites for hydroxylation is 1. The van der Waals surface area contributed by atoms with Crippen LogP contribution in [0.15, 0.2) is 53.4 Å². The van der Waals surface area contributed by atoms with Gasteiger partial charge in [-0.1, -0.05) is 24.3 Å². The van der Waals surface area contributed by atoms with E-state index in [1.807, 2.05) is 12.1 Å². The van der Waals surface area contributed by atoms with Gasteiger partial charge in [0.25, 0.3) is 0 Å². The predicted octanol–water partition coefficient (Wildman–Crippen LogP) is 3.08. The predicted molar refractivity (Wildman–Crippen MR) is 101 cm³/mol.